The fourth-order valence-electron chi connectivity index (χ4n) is 2.39. The van der Waals surface area contributed by atoms with Crippen molar-refractivity contribution in [2.75, 3.05) is 0 Å². The third kappa shape index (κ3) is 5.15. The molecule has 0 fully saturated rings. The molecule has 4 heteroatoms. The van der Waals surface area contributed by atoms with Crippen molar-refractivity contribution in [2.45, 2.75) is 77.8 Å². The van der Waals surface area contributed by atoms with Gasteiger partial charge in [0.25, 0.3) is 0 Å². The van der Waals surface area contributed by atoms with Gasteiger partial charge in [0.05, 0.1) is 16.9 Å². The summed E-state index contributed by atoms with van der Waals surface area (Å²) in [4.78, 5) is 0. The van der Waals surface area contributed by atoms with Crippen LogP contribution in [0.3, 0.4) is 0 Å². The van der Waals surface area contributed by atoms with Crippen molar-refractivity contribution in [3.8, 4) is 0 Å². The van der Waals surface area contributed by atoms with Crippen LogP contribution in [0.2, 0.25) is 5.02 Å². The molecule has 19 heavy (non-hydrogen) atoms. The molecule has 0 aliphatic rings. The van der Waals surface area contributed by atoms with Gasteiger partial charge < -0.3 is 5.73 Å². The molecule has 1 unspecified atom stereocenters. The van der Waals surface area contributed by atoms with Crippen molar-refractivity contribution in [3.05, 3.63) is 16.9 Å². The number of hydrogen-bond donors (Lipinski definition) is 1. The molecular weight excluding hydrogens is 258 g/mol. The van der Waals surface area contributed by atoms with Crippen molar-refractivity contribution in [1.29, 1.82) is 0 Å². The maximum atomic E-state index is 6.27. The van der Waals surface area contributed by atoms with E-state index in [9.17, 15) is 0 Å². The predicted octanol–water partition coefficient (Wildman–Crippen LogP) is 4.87. The molecule has 0 saturated carbocycles. The second-order valence-corrected chi connectivity index (χ2v) is 5.99. The Kier molecular flexibility index (Phi) is 7.47. The summed E-state index contributed by atoms with van der Waals surface area (Å²) < 4.78 is 1.95. The van der Waals surface area contributed by atoms with E-state index in [1.54, 1.807) is 6.20 Å². The van der Waals surface area contributed by atoms with Crippen LogP contribution in [0.1, 0.15) is 83.5 Å². The lowest BCUT2D eigenvalue weighted by Gasteiger charge is -2.17. The Hall–Kier alpha value is -0.540. The first-order chi connectivity index (χ1) is 9.07. The second kappa shape index (κ2) is 8.60. The summed E-state index contributed by atoms with van der Waals surface area (Å²) in [6.45, 7) is 6.44. The highest BCUT2D eigenvalue weighted by atomic mass is 35.5. The van der Waals surface area contributed by atoms with Gasteiger partial charge in [-0.1, -0.05) is 57.0 Å². The minimum atomic E-state index is 0.00331. The number of rotatable bonds is 9. The third-order valence-electron chi connectivity index (χ3n) is 3.50. The lowest BCUT2D eigenvalue weighted by Crippen LogP contribution is -2.18. The third-order valence-corrected chi connectivity index (χ3v) is 3.79. The summed E-state index contributed by atoms with van der Waals surface area (Å²) in [5.41, 5.74) is 7.27. The van der Waals surface area contributed by atoms with Crippen molar-refractivity contribution < 1.29 is 0 Å². The molecule has 0 spiro atoms. The number of nitrogens with two attached hydrogens (primary N) is 1. The molecule has 1 aromatic heterocycles. The Balaban J connectivity index is 2.41. The van der Waals surface area contributed by atoms with E-state index in [-0.39, 0.29) is 6.04 Å². The maximum Gasteiger partial charge on any atom is 0.0834 e. The summed E-state index contributed by atoms with van der Waals surface area (Å²) in [6, 6.07) is 0.307. The highest BCUT2D eigenvalue weighted by molar-refractivity contribution is 6.31. The molecule has 0 aliphatic heterocycles. The van der Waals surface area contributed by atoms with Crippen molar-refractivity contribution in [1.82, 2.24) is 9.78 Å². The molecule has 3 nitrogen and oxygen atoms in total. The van der Waals surface area contributed by atoms with Gasteiger partial charge in [-0.25, -0.2) is 0 Å². The van der Waals surface area contributed by atoms with E-state index < -0.39 is 0 Å². The van der Waals surface area contributed by atoms with Gasteiger partial charge in [-0.05, 0) is 20.3 Å². The van der Waals surface area contributed by atoms with Gasteiger partial charge in [-0.3, -0.25) is 4.68 Å². The monoisotopic (exact) mass is 285 g/mol. The van der Waals surface area contributed by atoms with Gasteiger partial charge in [0.1, 0.15) is 0 Å². The normalized spacial score (nSPS) is 13.2. The number of nitrogens with zero attached hydrogens (tertiary/aromatic N) is 2. The van der Waals surface area contributed by atoms with Gasteiger partial charge >= 0.3 is 0 Å². The highest BCUT2D eigenvalue weighted by Crippen LogP contribution is 2.27. The second-order valence-electron chi connectivity index (χ2n) is 5.58. The Morgan fingerprint density at radius 3 is 2.47 bits per heavy atom. The minimum absolute atomic E-state index is 0.00331. The summed E-state index contributed by atoms with van der Waals surface area (Å²) >= 11 is 6.20. The quantitative estimate of drug-likeness (QED) is 0.658. The molecule has 0 aromatic carbocycles. The summed E-state index contributed by atoms with van der Waals surface area (Å²) in [5.74, 6) is 0. The molecular formula is C15H28ClN3. The van der Waals surface area contributed by atoms with Crippen LogP contribution in [0, 0.1) is 0 Å². The Morgan fingerprint density at radius 1 is 1.21 bits per heavy atom. The zero-order valence-electron chi connectivity index (χ0n) is 12.5. The van der Waals surface area contributed by atoms with Gasteiger partial charge in [-0.2, -0.15) is 5.10 Å². The molecule has 0 bridgehead atoms. The number of aromatic nitrogens is 2. The average Bonchev–Trinajstić information content (AvgIpc) is 2.75. The van der Waals surface area contributed by atoms with Crippen LogP contribution in [0.25, 0.3) is 0 Å². The average molecular weight is 286 g/mol. The lowest BCUT2D eigenvalue weighted by atomic mass is 10.0. The first-order valence-corrected chi connectivity index (χ1v) is 7.94. The van der Waals surface area contributed by atoms with Gasteiger partial charge in [-0.15, -0.1) is 0 Å². The predicted molar refractivity (Wildman–Crippen MR) is 82.5 cm³/mol. The maximum absolute atomic E-state index is 6.27. The van der Waals surface area contributed by atoms with E-state index in [1.807, 2.05) is 4.68 Å². The first-order valence-electron chi connectivity index (χ1n) is 7.56. The Labute approximate surface area is 122 Å². The van der Waals surface area contributed by atoms with Gasteiger partial charge in [0.15, 0.2) is 0 Å². The van der Waals surface area contributed by atoms with E-state index >= 15 is 0 Å². The van der Waals surface area contributed by atoms with E-state index in [4.69, 9.17) is 17.3 Å². The van der Waals surface area contributed by atoms with Crippen LogP contribution < -0.4 is 5.73 Å². The highest BCUT2D eigenvalue weighted by Gasteiger charge is 2.18. The van der Waals surface area contributed by atoms with E-state index in [1.165, 1.54) is 38.5 Å². The molecule has 1 atom stereocenters. The smallest absolute Gasteiger partial charge is 0.0834 e. The fourth-order valence-corrected chi connectivity index (χ4v) is 2.66. The Morgan fingerprint density at radius 2 is 1.84 bits per heavy atom. The molecule has 1 rings (SSSR count). The van der Waals surface area contributed by atoms with Gasteiger partial charge in [0, 0.05) is 12.1 Å². The molecule has 2 N–H and O–H groups in total. The van der Waals surface area contributed by atoms with E-state index in [2.05, 4.69) is 25.9 Å². The van der Waals surface area contributed by atoms with Crippen LogP contribution in [-0.2, 0) is 0 Å². The van der Waals surface area contributed by atoms with E-state index in [0.717, 1.165) is 12.1 Å². The van der Waals surface area contributed by atoms with Crippen LogP contribution >= 0.6 is 11.6 Å². The number of halogens is 1. The molecule has 0 saturated heterocycles. The van der Waals surface area contributed by atoms with Crippen LogP contribution in [-0.4, -0.2) is 9.78 Å². The zero-order valence-corrected chi connectivity index (χ0v) is 13.3. The molecule has 0 aliphatic carbocycles. The molecule has 110 valence electrons. The van der Waals surface area contributed by atoms with Crippen LogP contribution in [0.4, 0.5) is 0 Å². The van der Waals surface area contributed by atoms with E-state index in [0.29, 0.717) is 11.1 Å². The van der Waals surface area contributed by atoms with Gasteiger partial charge in [0.2, 0.25) is 0 Å². The summed E-state index contributed by atoms with van der Waals surface area (Å²) in [7, 11) is 0. The molecule has 0 radical (unpaired) electrons. The zero-order chi connectivity index (χ0) is 14.3. The standard InChI is InChI=1S/C15H28ClN3/c1-4-5-6-7-8-9-10-14(17)15-13(16)11-18-19(15)12(2)3/h11-12,14H,4-10,17H2,1-3H3. The van der Waals surface area contributed by atoms with Crippen LogP contribution in [0.5, 0.6) is 0 Å². The largest absolute Gasteiger partial charge is 0.323 e. The summed E-state index contributed by atoms with van der Waals surface area (Å²) in [6.07, 6.45) is 10.4. The topological polar surface area (TPSA) is 43.8 Å². The Bertz CT molecular complexity index is 360. The molecule has 1 aromatic rings. The number of unbranched alkanes of at least 4 members (excludes halogenated alkanes) is 5. The molecule has 1 heterocycles. The summed E-state index contributed by atoms with van der Waals surface area (Å²) in [5, 5.41) is 5.01. The minimum Gasteiger partial charge on any atom is -0.323 e. The fraction of sp³-hybridized carbons (Fsp3) is 0.800. The first kappa shape index (κ1) is 16.5. The lowest BCUT2D eigenvalue weighted by molar-refractivity contribution is 0.464. The van der Waals surface area contributed by atoms with Crippen molar-refractivity contribution in [2.24, 2.45) is 5.73 Å². The van der Waals surface area contributed by atoms with Crippen molar-refractivity contribution >= 4 is 11.6 Å². The van der Waals surface area contributed by atoms with Crippen LogP contribution in [0.15, 0.2) is 6.20 Å². The van der Waals surface area contributed by atoms with Crippen molar-refractivity contribution in [3.63, 3.8) is 0 Å². The molecule has 0 amide bonds. The number of hydrogen-bond acceptors (Lipinski definition) is 2. The SMILES string of the molecule is CCCCCCCCC(N)c1c(Cl)cnn1C(C)C.